The maximum absolute atomic E-state index is 12.5. The Morgan fingerprint density at radius 3 is 2.52 bits per heavy atom. The summed E-state index contributed by atoms with van der Waals surface area (Å²) in [5.74, 6) is -1.66. The molecule has 0 unspecified atom stereocenters. The Morgan fingerprint density at radius 1 is 1.24 bits per heavy atom. The summed E-state index contributed by atoms with van der Waals surface area (Å²) in [5, 5.41) is 14.2. The van der Waals surface area contributed by atoms with Gasteiger partial charge in [-0.15, -0.1) is 0 Å². The van der Waals surface area contributed by atoms with Crippen molar-refractivity contribution < 1.29 is 19.5 Å². The largest absolute Gasteiger partial charge is 0.506 e. The van der Waals surface area contributed by atoms with Gasteiger partial charge in [0.25, 0.3) is 0 Å². The van der Waals surface area contributed by atoms with Crippen LogP contribution in [0.5, 0.6) is 5.75 Å². The van der Waals surface area contributed by atoms with Crippen LogP contribution in [0.4, 0.5) is 0 Å². The van der Waals surface area contributed by atoms with Gasteiger partial charge < -0.3 is 5.11 Å². The Kier molecular flexibility index (Phi) is 2.59. The molecule has 2 aromatic rings. The van der Waals surface area contributed by atoms with E-state index in [2.05, 4.69) is 5.10 Å². The minimum absolute atomic E-state index is 0.0715. The van der Waals surface area contributed by atoms with Crippen LogP contribution in [0.2, 0.25) is 0 Å². The van der Waals surface area contributed by atoms with Gasteiger partial charge in [-0.25, -0.2) is 0 Å². The van der Waals surface area contributed by atoms with Crippen molar-refractivity contribution in [1.82, 2.24) is 9.78 Å². The Labute approximate surface area is 120 Å². The number of hydrogen-bond donors (Lipinski definition) is 1. The molecule has 1 N–H and O–H groups in total. The molecule has 106 valence electrons. The van der Waals surface area contributed by atoms with E-state index in [4.69, 9.17) is 0 Å². The van der Waals surface area contributed by atoms with E-state index in [1.807, 2.05) is 0 Å². The molecule has 0 fully saturated rings. The second kappa shape index (κ2) is 4.12. The fourth-order valence-electron chi connectivity index (χ4n) is 2.79. The van der Waals surface area contributed by atoms with E-state index in [0.717, 1.165) is 0 Å². The van der Waals surface area contributed by atoms with Crippen LogP contribution in [0, 0.1) is 6.92 Å². The molecule has 0 amide bonds. The number of hydrogen-bond acceptors (Lipinski definition) is 5. The third-order valence-electron chi connectivity index (χ3n) is 3.72. The van der Waals surface area contributed by atoms with Gasteiger partial charge in [-0.2, -0.15) is 5.10 Å². The molecule has 3 rings (SSSR count). The van der Waals surface area contributed by atoms with Crippen molar-refractivity contribution in [3.8, 4) is 5.75 Å². The quantitative estimate of drug-likeness (QED) is 0.682. The summed E-state index contributed by atoms with van der Waals surface area (Å²) in [7, 11) is 1.58. The van der Waals surface area contributed by atoms with E-state index >= 15 is 0 Å². The van der Waals surface area contributed by atoms with Gasteiger partial charge in [0.1, 0.15) is 11.4 Å². The minimum atomic E-state index is -0.493. The number of aromatic nitrogens is 2. The van der Waals surface area contributed by atoms with Crippen LogP contribution in [0.15, 0.2) is 12.3 Å². The van der Waals surface area contributed by atoms with Gasteiger partial charge >= 0.3 is 0 Å². The lowest BCUT2D eigenvalue weighted by Crippen LogP contribution is -2.23. The second-order valence-corrected chi connectivity index (χ2v) is 5.08. The van der Waals surface area contributed by atoms with Crippen LogP contribution < -0.4 is 0 Å². The van der Waals surface area contributed by atoms with Gasteiger partial charge in [0.2, 0.25) is 11.6 Å². The third-order valence-corrected chi connectivity index (χ3v) is 3.72. The van der Waals surface area contributed by atoms with Crippen molar-refractivity contribution in [2.45, 2.75) is 13.8 Å². The van der Waals surface area contributed by atoms with Gasteiger partial charge in [0.15, 0.2) is 5.78 Å². The zero-order valence-corrected chi connectivity index (χ0v) is 11.7. The smallest absolute Gasteiger partial charge is 0.212 e. The molecular weight excluding hydrogens is 272 g/mol. The first kappa shape index (κ1) is 13.2. The maximum atomic E-state index is 12.5. The molecular formula is C15H12N2O4. The molecule has 0 radical (unpaired) electrons. The number of phenols is 1. The molecule has 21 heavy (non-hydrogen) atoms. The standard InChI is InChI=1S/C15H12N2O4/c1-6-4-8-11(15(21)10(6)7(2)18)13(19)9-5-16-17(3)12(9)14(8)20/h4-5,21H,1-3H3. The minimum Gasteiger partial charge on any atom is -0.506 e. The van der Waals surface area contributed by atoms with E-state index in [9.17, 15) is 19.5 Å². The average Bonchev–Trinajstić information content (AvgIpc) is 2.77. The van der Waals surface area contributed by atoms with Crippen molar-refractivity contribution in [1.29, 1.82) is 0 Å². The van der Waals surface area contributed by atoms with E-state index in [-0.39, 0.29) is 39.5 Å². The highest BCUT2D eigenvalue weighted by Crippen LogP contribution is 2.36. The normalized spacial score (nSPS) is 13.1. The number of nitrogens with zero attached hydrogens (tertiary/aromatic N) is 2. The number of benzene rings is 1. The molecule has 0 atom stereocenters. The fraction of sp³-hybridized carbons (Fsp3) is 0.200. The highest BCUT2D eigenvalue weighted by Gasteiger charge is 2.36. The predicted octanol–water partition coefficient (Wildman–Crippen LogP) is 1.41. The van der Waals surface area contributed by atoms with Crippen LogP contribution in [0.3, 0.4) is 0 Å². The zero-order chi connectivity index (χ0) is 15.5. The predicted molar refractivity (Wildman–Crippen MR) is 72.9 cm³/mol. The average molecular weight is 284 g/mol. The molecule has 1 aromatic heterocycles. The number of carbonyl (C=O) groups is 3. The Hall–Kier alpha value is -2.76. The van der Waals surface area contributed by atoms with Crippen LogP contribution in [-0.4, -0.2) is 32.2 Å². The van der Waals surface area contributed by atoms with Gasteiger partial charge in [-0.1, -0.05) is 0 Å². The monoisotopic (exact) mass is 284 g/mol. The number of fused-ring (bicyclic) bond motifs is 2. The number of aromatic hydroxyl groups is 1. The second-order valence-electron chi connectivity index (χ2n) is 5.08. The van der Waals surface area contributed by atoms with Crippen LogP contribution >= 0.6 is 0 Å². The first-order valence-electron chi connectivity index (χ1n) is 6.33. The Morgan fingerprint density at radius 2 is 1.90 bits per heavy atom. The maximum Gasteiger partial charge on any atom is 0.212 e. The van der Waals surface area contributed by atoms with E-state index < -0.39 is 11.5 Å². The molecule has 0 spiro atoms. The lowest BCUT2D eigenvalue weighted by Gasteiger charge is -2.19. The van der Waals surface area contributed by atoms with Crippen LogP contribution in [0.25, 0.3) is 0 Å². The number of aryl methyl sites for hydroxylation is 2. The summed E-state index contributed by atoms with van der Waals surface area (Å²) in [5.41, 5.74) is 0.866. The number of ketones is 3. The molecule has 0 saturated carbocycles. The molecule has 0 aliphatic heterocycles. The number of carbonyl (C=O) groups excluding carboxylic acids is 3. The summed E-state index contributed by atoms with van der Waals surface area (Å²) in [6, 6.07) is 1.47. The van der Waals surface area contributed by atoms with Crippen molar-refractivity contribution in [3.05, 3.63) is 45.8 Å². The van der Waals surface area contributed by atoms with Gasteiger partial charge in [0.05, 0.1) is 22.9 Å². The summed E-state index contributed by atoms with van der Waals surface area (Å²) in [4.78, 5) is 36.6. The van der Waals surface area contributed by atoms with Gasteiger partial charge in [-0.05, 0) is 25.5 Å². The lowest BCUT2D eigenvalue weighted by molar-refractivity contribution is 0.0969. The van der Waals surface area contributed by atoms with Gasteiger partial charge in [-0.3, -0.25) is 19.1 Å². The van der Waals surface area contributed by atoms with E-state index in [1.54, 1.807) is 14.0 Å². The first-order valence-corrected chi connectivity index (χ1v) is 6.33. The van der Waals surface area contributed by atoms with Crippen LogP contribution in [0.1, 0.15) is 54.8 Å². The SMILES string of the molecule is CC(=O)c1c(C)cc2c(c1O)C(=O)c1cnn(C)c1C2=O. The number of rotatable bonds is 1. The molecule has 1 aromatic carbocycles. The lowest BCUT2D eigenvalue weighted by atomic mass is 9.84. The molecule has 1 aliphatic carbocycles. The summed E-state index contributed by atoms with van der Waals surface area (Å²) in [6.45, 7) is 2.92. The molecule has 6 nitrogen and oxygen atoms in total. The van der Waals surface area contributed by atoms with Crippen molar-refractivity contribution in [2.75, 3.05) is 0 Å². The highest BCUT2D eigenvalue weighted by molar-refractivity contribution is 6.29. The molecule has 1 aliphatic rings. The summed E-state index contributed by atoms with van der Waals surface area (Å²) >= 11 is 0. The molecule has 0 bridgehead atoms. The third kappa shape index (κ3) is 1.59. The Bertz CT molecular complexity index is 846. The highest BCUT2D eigenvalue weighted by atomic mass is 16.3. The zero-order valence-electron chi connectivity index (χ0n) is 11.7. The fourth-order valence-corrected chi connectivity index (χ4v) is 2.79. The van der Waals surface area contributed by atoms with Crippen molar-refractivity contribution >= 4 is 17.3 Å². The molecule has 1 heterocycles. The molecule has 0 saturated heterocycles. The topological polar surface area (TPSA) is 89.3 Å². The van der Waals surface area contributed by atoms with E-state index in [1.165, 1.54) is 23.9 Å². The summed E-state index contributed by atoms with van der Waals surface area (Å²) in [6.07, 6.45) is 1.30. The van der Waals surface area contributed by atoms with Crippen molar-refractivity contribution in [2.24, 2.45) is 7.05 Å². The van der Waals surface area contributed by atoms with Crippen LogP contribution in [-0.2, 0) is 7.05 Å². The Balaban J connectivity index is 2.39. The number of phenolic OH excluding ortho intramolecular Hbond substituents is 1. The number of Topliss-reactive ketones (excluding diaryl/α,β-unsaturated/α-hetero) is 1. The molecule has 6 heteroatoms. The summed E-state index contributed by atoms with van der Waals surface area (Å²) < 4.78 is 1.34. The van der Waals surface area contributed by atoms with Crippen molar-refractivity contribution in [3.63, 3.8) is 0 Å². The first-order chi connectivity index (χ1) is 9.84. The van der Waals surface area contributed by atoms with E-state index in [0.29, 0.717) is 5.56 Å². The van der Waals surface area contributed by atoms with Gasteiger partial charge in [0, 0.05) is 12.6 Å².